The Labute approximate surface area is 194 Å². The molecule has 9 heteroatoms. The minimum atomic E-state index is -3.98. The number of rotatable bonds is 8. The number of amides is 2. The van der Waals surface area contributed by atoms with Gasteiger partial charge in [0.2, 0.25) is 21.8 Å². The molecule has 1 aliphatic heterocycles. The molecule has 1 aliphatic rings. The molecule has 0 fully saturated rings. The Morgan fingerprint density at radius 3 is 2.30 bits per heavy atom. The van der Waals surface area contributed by atoms with Gasteiger partial charge in [0.1, 0.15) is 6.04 Å². The van der Waals surface area contributed by atoms with Crippen molar-refractivity contribution in [2.45, 2.75) is 51.5 Å². The van der Waals surface area contributed by atoms with E-state index in [2.05, 4.69) is 10.0 Å². The summed E-state index contributed by atoms with van der Waals surface area (Å²) < 4.78 is 28.7. The monoisotopic (exact) mass is 471 g/mol. The molecule has 0 bridgehead atoms. The van der Waals surface area contributed by atoms with Gasteiger partial charge in [-0.2, -0.15) is 4.72 Å². The zero-order chi connectivity index (χ0) is 24.3. The lowest BCUT2D eigenvalue weighted by Gasteiger charge is -2.22. The van der Waals surface area contributed by atoms with E-state index < -0.39 is 22.0 Å². The Morgan fingerprint density at radius 2 is 1.73 bits per heavy atom. The number of ketones is 1. The smallest absolute Gasteiger partial charge is 0.242 e. The third kappa shape index (κ3) is 5.48. The number of Topliss-reactive ketones (excluding diaryl/α,β-unsaturated/α-hetero) is 1. The molecule has 2 amide bonds. The third-order valence-corrected chi connectivity index (χ3v) is 7.09. The fourth-order valence-corrected chi connectivity index (χ4v) is 5.13. The number of anilines is 2. The highest BCUT2D eigenvalue weighted by molar-refractivity contribution is 7.89. The van der Waals surface area contributed by atoms with Crippen molar-refractivity contribution in [1.29, 1.82) is 0 Å². The highest BCUT2D eigenvalue weighted by Crippen LogP contribution is 2.31. The molecule has 1 heterocycles. The Morgan fingerprint density at radius 1 is 1.06 bits per heavy atom. The summed E-state index contributed by atoms with van der Waals surface area (Å²) in [5.74, 6) is -0.902. The van der Waals surface area contributed by atoms with Crippen LogP contribution in [0.4, 0.5) is 11.4 Å². The first-order valence-electron chi connectivity index (χ1n) is 10.9. The molecule has 2 N–H and O–H groups in total. The van der Waals surface area contributed by atoms with E-state index in [1.807, 2.05) is 0 Å². The lowest BCUT2D eigenvalue weighted by molar-refractivity contribution is -0.119. The predicted molar refractivity (Wildman–Crippen MR) is 127 cm³/mol. The SMILES string of the molecule is CCC(=O)N1CCc2cc(S(=O)(=O)N[C@H](C(=O)Nc3ccc(C(C)=O)cc3)C(C)C)ccc21. The fourth-order valence-electron chi connectivity index (χ4n) is 3.73. The number of nitrogens with one attached hydrogen (secondary N) is 2. The van der Waals surface area contributed by atoms with Crippen molar-refractivity contribution >= 4 is 39.0 Å². The molecular weight excluding hydrogens is 442 g/mol. The van der Waals surface area contributed by atoms with Crippen LogP contribution in [-0.4, -0.2) is 38.6 Å². The number of sulfonamides is 1. The predicted octanol–water partition coefficient (Wildman–Crippen LogP) is 3.13. The van der Waals surface area contributed by atoms with E-state index in [4.69, 9.17) is 0 Å². The lowest BCUT2D eigenvalue weighted by Crippen LogP contribution is -2.47. The van der Waals surface area contributed by atoms with E-state index in [-0.39, 0.29) is 22.5 Å². The molecule has 3 rings (SSSR count). The Bertz CT molecular complexity index is 1170. The van der Waals surface area contributed by atoms with Crippen LogP contribution in [0, 0.1) is 5.92 Å². The van der Waals surface area contributed by atoms with Crippen LogP contribution < -0.4 is 14.9 Å². The van der Waals surface area contributed by atoms with Crippen LogP contribution in [0.1, 0.15) is 50.0 Å². The maximum absolute atomic E-state index is 13.1. The van der Waals surface area contributed by atoms with Gasteiger partial charge >= 0.3 is 0 Å². The number of fused-ring (bicyclic) bond motifs is 1. The van der Waals surface area contributed by atoms with E-state index in [1.165, 1.54) is 13.0 Å². The van der Waals surface area contributed by atoms with Crippen molar-refractivity contribution in [3.63, 3.8) is 0 Å². The highest BCUT2D eigenvalue weighted by atomic mass is 32.2. The molecule has 0 unspecified atom stereocenters. The minimum absolute atomic E-state index is 0.00430. The zero-order valence-electron chi connectivity index (χ0n) is 19.2. The molecule has 2 aromatic rings. The highest BCUT2D eigenvalue weighted by Gasteiger charge is 2.30. The van der Waals surface area contributed by atoms with Gasteiger partial charge in [0.15, 0.2) is 5.78 Å². The van der Waals surface area contributed by atoms with Crippen molar-refractivity contribution in [2.75, 3.05) is 16.8 Å². The summed E-state index contributed by atoms with van der Waals surface area (Å²) in [7, 11) is -3.98. The largest absolute Gasteiger partial charge is 0.325 e. The summed E-state index contributed by atoms with van der Waals surface area (Å²) in [4.78, 5) is 38.1. The zero-order valence-corrected chi connectivity index (χ0v) is 20.0. The Balaban J connectivity index is 1.78. The number of benzene rings is 2. The summed E-state index contributed by atoms with van der Waals surface area (Å²) in [6.07, 6.45) is 0.957. The minimum Gasteiger partial charge on any atom is -0.325 e. The molecule has 0 radical (unpaired) electrons. The summed E-state index contributed by atoms with van der Waals surface area (Å²) in [5, 5.41) is 2.71. The van der Waals surface area contributed by atoms with E-state index in [9.17, 15) is 22.8 Å². The molecule has 0 aliphatic carbocycles. The van der Waals surface area contributed by atoms with Gasteiger partial charge in [0, 0.05) is 29.9 Å². The van der Waals surface area contributed by atoms with E-state index in [1.54, 1.807) is 62.1 Å². The molecular formula is C24H29N3O5S. The van der Waals surface area contributed by atoms with Gasteiger partial charge in [-0.15, -0.1) is 0 Å². The molecule has 0 saturated heterocycles. The van der Waals surface area contributed by atoms with E-state index >= 15 is 0 Å². The standard InChI is InChI=1S/C24H29N3O5S/c1-5-22(29)27-13-12-18-14-20(10-11-21(18)27)33(31,32)26-23(15(2)3)24(30)25-19-8-6-17(7-9-19)16(4)28/h6-11,14-15,23,26H,5,12-13H2,1-4H3,(H,25,30)/t23-/m0/s1. The Kier molecular flexibility index (Phi) is 7.34. The maximum atomic E-state index is 13.1. The van der Waals surface area contributed by atoms with Crippen LogP contribution in [0.2, 0.25) is 0 Å². The van der Waals surface area contributed by atoms with E-state index in [0.717, 1.165) is 11.3 Å². The number of carbonyl (C=O) groups is 3. The molecule has 0 saturated carbocycles. The summed E-state index contributed by atoms with van der Waals surface area (Å²) in [6.45, 7) is 7.27. The van der Waals surface area contributed by atoms with Gasteiger partial charge in [-0.1, -0.05) is 20.8 Å². The van der Waals surface area contributed by atoms with Crippen LogP contribution >= 0.6 is 0 Å². The average molecular weight is 472 g/mol. The number of nitrogens with zero attached hydrogens (tertiary/aromatic N) is 1. The van der Waals surface area contributed by atoms with Crippen molar-refractivity contribution < 1.29 is 22.8 Å². The van der Waals surface area contributed by atoms with Crippen molar-refractivity contribution in [3.05, 3.63) is 53.6 Å². The maximum Gasteiger partial charge on any atom is 0.242 e. The fraction of sp³-hybridized carbons (Fsp3) is 0.375. The molecule has 0 aromatic heterocycles. The van der Waals surface area contributed by atoms with Crippen LogP contribution in [0.25, 0.3) is 0 Å². The molecule has 2 aromatic carbocycles. The summed E-state index contributed by atoms with van der Waals surface area (Å²) >= 11 is 0. The topological polar surface area (TPSA) is 113 Å². The second-order valence-corrected chi connectivity index (χ2v) is 10.1. The number of hydrogen-bond donors (Lipinski definition) is 2. The van der Waals surface area contributed by atoms with Gasteiger partial charge in [-0.3, -0.25) is 14.4 Å². The van der Waals surface area contributed by atoms with Gasteiger partial charge in [-0.05, 0) is 67.3 Å². The first-order valence-corrected chi connectivity index (χ1v) is 12.4. The molecule has 8 nitrogen and oxygen atoms in total. The molecule has 0 spiro atoms. The number of carbonyl (C=O) groups excluding carboxylic acids is 3. The van der Waals surface area contributed by atoms with Gasteiger partial charge in [-0.25, -0.2) is 8.42 Å². The summed E-state index contributed by atoms with van der Waals surface area (Å²) in [5.41, 5.74) is 2.50. The molecule has 1 atom stereocenters. The second-order valence-electron chi connectivity index (χ2n) is 8.41. The second kappa shape index (κ2) is 9.84. The van der Waals surface area contributed by atoms with Gasteiger partial charge < -0.3 is 10.2 Å². The van der Waals surface area contributed by atoms with Crippen LogP contribution in [-0.2, 0) is 26.0 Å². The van der Waals surface area contributed by atoms with Gasteiger partial charge in [0.05, 0.1) is 4.90 Å². The average Bonchev–Trinajstić information content (AvgIpc) is 3.20. The first kappa shape index (κ1) is 24.6. The van der Waals surface area contributed by atoms with E-state index in [0.29, 0.717) is 30.6 Å². The van der Waals surface area contributed by atoms with Crippen LogP contribution in [0.15, 0.2) is 47.4 Å². The van der Waals surface area contributed by atoms with Crippen molar-refractivity contribution in [2.24, 2.45) is 5.92 Å². The number of hydrogen-bond acceptors (Lipinski definition) is 5. The normalized spacial score (nSPS) is 14.2. The van der Waals surface area contributed by atoms with Gasteiger partial charge in [0.25, 0.3) is 0 Å². The molecule has 33 heavy (non-hydrogen) atoms. The molecule has 176 valence electrons. The first-order chi connectivity index (χ1) is 15.5. The van der Waals surface area contributed by atoms with Crippen LogP contribution in [0.3, 0.4) is 0 Å². The summed E-state index contributed by atoms with van der Waals surface area (Å²) in [6, 6.07) is 10.1. The Hall–Kier alpha value is -3.04. The van der Waals surface area contributed by atoms with Crippen molar-refractivity contribution in [1.82, 2.24) is 4.72 Å². The quantitative estimate of drug-likeness (QED) is 0.575. The van der Waals surface area contributed by atoms with Crippen molar-refractivity contribution in [3.8, 4) is 0 Å². The van der Waals surface area contributed by atoms with Crippen LogP contribution in [0.5, 0.6) is 0 Å². The lowest BCUT2D eigenvalue weighted by atomic mass is 10.0. The third-order valence-electron chi connectivity index (χ3n) is 5.65.